The van der Waals surface area contributed by atoms with Crippen LogP contribution < -0.4 is 10.6 Å². The third kappa shape index (κ3) is 2.34. The first-order valence-electron chi connectivity index (χ1n) is 7.05. The van der Waals surface area contributed by atoms with Crippen molar-refractivity contribution in [1.29, 1.82) is 0 Å². The highest BCUT2D eigenvalue weighted by atomic mass is 16.2. The SMILES string of the molecule is CC1C(=O)NC(=O)CN1C1CCNCc2ccccc21. The van der Waals surface area contributed by atoms with E-state index in [-0.39, 0.29) is 30.4 Å². The van der Waals surface area contributed by atoms with E-state index in [1.165, 1.54) is 11.1 Å². The fourth-order valence-electron chi connectivity index (χ4n) is 3.10. The molecule has 0 saturated carbocycles. The lowest BCUT2D eigenvalue weighted by molar-refractivity contribution is -0.141. The fraction of sp³-hybridized carbons (Fsp3) is 0.467. The number of fused-ring (bicyclic) bond motifs is 1. The van der Waals surface area contributed by atoms with Crippen molar-refractivity contribution in [1.82, 2.24) is 15.5 Å². The summed E-state index contributed by atoms with van der Waals surface area (Å²) in [6.45, 7) is 3.88. The van der Waals surface area contributed by atoms with Crippen LogP contribution in [-0.2, 0) is 16.1 Å². The molecule has 0 radical (unpaired) electrons. The Hall–Kier alpha value is -1.72. The molecule has 106 valence electrons. The molecule has 0 aliphatic carbocycles. The van der Waals surface area contributed by atoms with Crippen LogP contribution in [0.5, 0.6) is 0 Å². The number of hydrogen-bond donors (Lipinski definition) is 2. The molecule has 0 spiro atoms. The van der Waals surface area contributed by atoms with E-state index >= 15 is 0 Å². The molecule has 2 aliphatic rings. The summed E-state index contributed by atoms with van der Waals surface area (Å²) in [5.74, 6) is -0.404. The van der Waals surface area contributed by atoms with E-state index in [1.807, 2.05) is 24.0 Å². The highest BCUT2D eigenvalue weighted by Crippen LogP contribution is 2.31. The minimum absolute atomic E-state index is 0.117. The number of carbonyl (C=O) groups excluding carboxylic acids is 2. The fourth-order valence-corrected chi connectivity index (χ4v) is 3.10. The highest BCUT2D eigenvalue weighted by Gasteiger charge is 2.36. The molecule has 3 rings (SSSR count). The zero-order chi connectivity index (χ0) is 14.1. The highest BCUT2D eigenvalue weighted by molar-refractivity contribution is 6.00. The zero-order valence-electron chi connectivity index (χ0n) is 11.6. The van der Waals surface area contributed by atoms with Crippen molar-refractivity contribution in [3.8, 4) is 0 Å². The van der Waals surface area contributed by atoms with Crippen molar-refractivity contribution >= 4 is 11.8 Å². The lowest BCUT2D eigenvalue weighted by atomic mass is 9.96. The van der Waals surface area contributed by atoms with Crippen molar-refractivity contribution < 1.29 is 9.59 Å². The van der Waals surface area contributed by atoms with Gasteiger partial charge in [-0.3, -0.25) is 19.8 Å². The van der Waals surface area contributed by atoms with Gasteiger partial charge < -0.3 is 5.32 Å². The zero-order valence-corrected chi connectivity index (χ0v) is 11.6. The van der Waals surface area contributed by atoms with Crippen LogP contribution in [-0.4, -0.2) is 35.8 Å². The first-order chi connectivity index (χ1) is 9.66. The third-order valence-corrected chi connectivity index (χ3v) is 4.19. The van der Waals surface area contributed by atoms with Crippen LogP contribution in [0.1, 0.15) is 30.5 Å². The molecule has 20 heavy (non-hydrogen) atoms. The summed E-state index contributed by atoms with van der Waals surface area (Å²) in [4.78, 5) is 25.6. The van der Waals surface area contributed by atoms with Crippen LogP contribution in [0.2, 0.25) is 0 Å². The van der Waals surface area contributed by atoms with E-state index < -0.39 is 0 Å². The molecule has 5 heteroatoms. The van der Waals surface area contributed by atoms with E-state index in [0.29, 0.717) is 0 Å². The standard InChI is InChI=1S/C15H19N3O2/c1-10-15(20)17-14(19)9-18(10)13-6-7-16-8-11-4-2-3-5-12(11)13/h2-5,10,13,16H,6-9H2,1H3,(H,17,19,20). The van der Waals surface area contributed by atoms with E-state index in [4.69, 9.17) is 0 Å². The number of nitrogens with zero attached hydrogens (tertiary/aromatic N) is 1. The molecule has 2 N–H and O–H groups in total. The van der Waals surface area contributed by atoms with Crippen molar-refractivity contribution in [2.45, 2.75) is 32.0 Å². The van der Waals surface area contributed by atoms with Gasteiger partial charge in [0.25, 0.3) is 0 Å². The Morgan fingerprint density at radius 1 is 1.25 bits per heavy atom. The Morgan fingerprint density at radius 2 is 2.05 bits per heavy atom. The van der Waals surface area contributed by atoms with Gasteiger partial charge >= 0.3 is 0 Å². The molecule has 0 bridgehead atoms. The topological polar surface area (TPSA) is 61.4 Å². The monoisotopic (exact) mass is 273 g/mol. The van der Waals surface area contributed by atoms with Crippen LogP contribution in [0.3, 0.4) is 0 Å². The second-order valence-electron chi connectivity index (χ2n) is 5.44. The number of nitrogens with one attached hydrogen (secondary N) is 2. The molecular weight excluding hydrogens is 254 g/mol. The Bertz CT molecular complexity index is 544. The van der Waals surface area contributed by atoms with Crippen molar-refractivity contribution in [2.24, 2.45) is 0 Å². The average Bonchev–Trinajstić information content (AvgIpc) is 2.65. The molecule has 1 aromatic rings. The largest absolute Gasteiger partial charge is 0.313 e. The van der Waals surface area contributed by atoms with Gasteiger partial charge in [0.1, 0.15) is 0 Å². The van der Waals surface area contributed by atoms with Crippen molar-refractivity contribution in [3.05, 3.63) is 35.4 Å². The smallest absolute Gasteiger partial charge is 0.243 e. The molecule has 2 amide bonds. The summed E-state index contributed by atoms with van der Waals surface area (Å²) in [7, 11) is 0. The summed E-state index contributed by atoms with van der Waals surface area (Å²) < 4.78 is 0. The third-order valence-electron chi connectivity index (χ3n) is 4.19. The van der Waals surface area contributed by atoms with Crippen LogP contribution in [0.4, 0.5) is 0 Å². The van der Waals surface area contributed by atoms with Crippen LogP contribution in [0.25, 0.3) is 0 Å². The summed E-state index contributed by atoms with van der Waals surface area (Å²) in [5, 5.41) is 5.80. The summed E-state index contributed by atoms with van der Waals surface area (Å²) in [6, 6.07) is 8.11. The van der Waals surface area contributed by atoms with Gasteiger partial charge in [-0.2, -0.15) is 0 Å². The molecule has 1 saturated heterocycles. The molecule has 5 nitrogen and oxygen atoms in total. The molecule has 2 heterocycles. The number of rotatable bonds is 1. The molecule has 2 unspecified atom stereocenters. The maximum atomic E-state index is 11.9. The predicted molar refractivity (Wildman–Crippen MR) is 74.8 cm³/mol. The maximum Gasteiger partial charge on any atom is 0.243 e. The van der Waals surface area contributed by atoms with Crippen LogP contribution >= 0.6 is 0 Å². The number of imide groups is 1. The Morgan fingerprint density at radius 3 is 2.90 bits per heavy atom. The normalized spacial score (nSPS) is 27.6. The summed E-state index contributed by atoms with van der Waals surface area (Å²) >= 11 is 0. The van der Waals surface area contributed by atoms with Gasteiger partial charge in [-0.1, -0.05) is 24.3 Å². The molecule has 2 aliphatic heterocycles. The molecule has 0 aromatic heterocycles. The average molecular weight is 273 g/mol. The van der Waals surface area contributed by atoms with Crippen molar-refractivity contribution in [3.63, 3.8) is 0 Å². The molecule has 1 aromatic carbocycles. The first-order valence-corrected chi connectivity index (χ1v) is 7.05. The van der Waals surface area contributed by atoms with Crippen LogP contribution in [0.15, 0.2) is 24.3 Å². The van der Waals surface area contributed by atoms with Gasteiger partial charge in [-0.15, -0.1) is 0 Å². The van der Waals surface area contributed by atoms with Gasteiger partial charge in [0.15, 0.2) is 0 Å². The Labute approximate surface area is 118 Å². The number of hydrogen-bond acceptors (Lipinski definition) is 4. The predicted octanol–water partition coefficient (Wildman–Crippen LogP) is 0.568. The van der Waals surface area contributed by atoms with E-state index in [2.05, 4.69) is 22.8 Å². The minimum atomic E-state index is -0.274. The van der Waals surface area contributed by atoms with E-state index in [9.17, 15) is 9.59 Å². The quantitative estimate of drug-likeness (QED) is 0.734. The molecule has 2 atom stereocenters. The lowest BCUT2D eigenvalue weighted by Gasteiger charge is -2.38. The summed E-state index contributed by atoms with van der Waals surface area (Å²) in [6.07, 6.45) is 0.905. The second kappa shape index (κ2) is 5.34. The van der Waals surface area contributed by atoms with Crippen molar-refractivity contribution in [2.75, 3.05) is 13.1 Å². The van der Waals surface area contributed by atoms with Gasteiger partial charge in [0, 0.05) is 12.6 Å². The first kappa shape index (κ1) is 13.3. The minimum Gasteiger partial charge on any atom is -0.313 e. The van der Waals surface area contributed by atoms with Gasteiger partial charge in [-0.25, -0.2) is 0 Å². The summed E-state index contributed by atoms with van der Waals surface area (Å²) in [5.41, 5.74) is 2.48. The number of amides is 2. The van der Waals surface area contributed by atoms with Gasteiger partial charge in [0.2, 0.25) is 11.8 Å². The molecule has 1 fully saturated rings. The number of carbonyl (C=O) groups is 2. The lowest BCUT2D eigenvalue weighted by Crippen LogP contribution is -2.57. The Kier molecular flexibility index (Phi) is 3.54. The maximum absolute atomic E-state index is 11.9. The van der Waals surface area contributed by atoms with Crippen LogP contribution in [0, 0.1) is 0 Å². The molecular formula is C15H19N3O2. The second-order valence-corrected chi connectivity index (χ2v) is 5.44. The van der Waals surface area contributed by atoms with E-state index in [0.717, 1.165) is 19.5 Å². The van der Waals surface area contributed by atoms with Gasteiger partial charge in [0.05, 0.1) is 12.6 Å². The number of piperazine rings is 1. The van der Waals surface area contributed by atoms with E-state index in [1.54, 1.807) is 0 Å². The Balaban J connectivity index is 1.96. The number of benzene rings is 1. The van der Waals surface area contributed by atoms with Gasteiger partial charge in [-0.05, 0) is 31.0 Å².